The maximum absolute atomic E-state index is 12.2. The monoisotopic (exact) mass is 724 g/mol. The van der Waals surface area contributed by atoms with Gasteiger partial charge in [-0.15, -0.1) is 0 Å². The number of halogens is 2. The van der Waals surface area contributed by atoms with Crippen LogP contribution in [0.3, 0.4) is 0 Å². The van der Waals surface area contributed by atoms with E-state index in [1.807, 2.05) is 84.5 Å². The van der Waals surface area contributed by atoms with Crippen molar-refractivity contribution in [2.75, 3.05) is 20.6 Å². The van der Waals surface area contributed by atoms with E-state index in [1.165, 1.54) is 0 Å². The number of aliphatic imine (C=N–C) groups is 1. The van der Waals surface area contributed by atoms with Crippen LogP contribution in [0.4, 0.5) is 0 Å². The Morgan fingerprint density at radius 1 is 0.822 bits per heavy atom. The van der Waals surface area contributed by atoms with Crippen molar-refractivity contribution >= 4 is 65.4 Å². The van der Waals surface area contributed by atoms with E-state index >= 15 is 0 Å². The molecule has 0 aliphatic carbocycles. The number of hydrogen-bond donors (Lipinski definition) is 0. The fourth-order valence-electron chi connectivity index (χ4n) is 4.87. The highest BCUT2D eigenvalue weighted by molar-refractivity contribution is 9.10. The standard InChI is InChI=1S/C18H16BrN3O.C17H12BrN3.CH4.H2/c1-21(2)9-8-18(23)13-6-7-17-16(10-13)20-12-22(17)15-5-3-4-14(19)11-15;18-13-3-1-4-14(10-13)21-11-20-16-9-12(6-7-17(16)21)15-5-2-8-19-15;;/h3-12H,1-2H3;1-7,9-11H,8H2;1H4;1H/b9-8+;;;. The molecule has 0 spiro atoms. The molecular weight excluding hydrogens is 692 g/mol. The molecule has 4 aromatic carbocycles. The van der Waals surface area contributed by atoms with Crippen LogP contribution in [0.2, 0.25) is 0 Å². The molecule has 0 atom stereocenters. The third-order valence-electron chi connectivity index (χ3n) is 7.01. The zero-order valence-electron chi connectivity index (χ0n) is 24.1. The smallest absolute Gasteiger partial charge is 0.187 e. The average Bonchev–Trinajstić information content (AvgIpc) is 3.79. The van der Waals surface area contributed by atoms with Crippen LogP contribution in [0.1, 0.15) is 24.8 Å². The molecule has 0 radical (unpaired) electrons. The Labute approximate surface area is 281 Å². The van der Waals surface area contributed by atoms with Gasteiger partial charge in [0.2, 0.25) is 0 Å². The molecule has 2 aromatic heterocycles. The van der Waals surface area contributed by atoms with Crippen LogP contribution in [0, 0.1) is 0 Å². The molecule has 7 nitrogen and oxygen atoms in total. The maximum atomic E-state index is 12.2. The van der Waals surface area contributed by atoms with E-state index in [4.69, 9.17) is 0 Å². The number of aromatic nitrogens is 4. The van der Waals surface area contributed by atoms with Gasteiger partial charge < -0.3 is 4.90 Å². The van der Waals surface area contributed by atoms with Gasteiger partial charge in [-0.05, 0) is 72.8 Å². The van der Waals surface area contributed by atoms with Crippen LogP contribution < -0.4 is 0 Å². The predicted molar refractivity (Wildman–Crippen MR) is 194 cm³/mol. The van der Waals surface area contributed by atoms with Crippen molar-refractivity contribution in [1.29, 1.82) is 0 Å². The first-order chi connectivity index (χ1) is 21.4. The Morgan fingerprint density at radius 3 is 1.98 bits per heavy atom. The molecule has 1 aliphatic rings. The van der Waals surface area contributed by atoms with Crippen LogP contribution in [0.5, 0.6) is 0 Å². The number of rotatable bonds is 6. The summed E-state index contributed by atoms with van der Waals surface area (Å²) in [5.41, 5.74) is 8.76. The van der Waals surface area contributed by atoms with E-state index < -0.39 is 0 Å². The summed E-state index contributed by atoms with van der Waals surface area (Å²) in [5.74, 6) is -0.0300. The molecule has 0 N–H and O–H groups in total. The highest BCUT2D eigenvalue weighted by Crippen LogP contribution is 2.24. The van der Waals surface area contributed by atoms with Gasteiger partial charge >= 0.3 is 0 Å². The van der Waals surface area contributed by atoms with Crippen molar-refractivity contribution in [1.82, 2.24) is 24.0 Å². The molecular formula is C36H34Br2N6O. The van der Waals surface area contributed by atoms with Gasteiger partial charge in [0.25, 0.3) is 0 Å². The summed E-state index contributed by atoms with van der Waals surface area (Å²) in [5, 5.41) is 0. The number of imidazole rings is 2. The number of carbonyl (C=O) groups excluding carboxylic acids is 1. The van der Waals surface area contributed by atoms with Crippen molar-refractivity contribution in [2.45, 2.75) is 7.43 Å². The van der Waals surface area contributed by atoms with Crippen molar-refractivity contribution in [3.05, 3.63) is 142 Å². The number of benzene rings is 4. The molecule has 0 unspecified atom stereocenters. The summed E-state index contributed by atoms with van der Waals surface area (Å²) in [6, 6.07) is 28.1. The number of hydrogen-bond acceptors (Lipinski definition) is 5. The molecule has 228 valence electrons. The van der Waals surface area contributed by atoms with Gasteiger partial charge in [-0.2, -0.15) is 0 Å². The van der Waals surface area contributed by atoms with E-state index in [2.05, 4.69) is 93.9 Å². The first-order valence-electron chi connectivity index (χ1n) is 13.9. The van der Waals surface area contributed by atoms with Gasteiger partial charge in [0.15, 0.2) is 5.78 Å². The van der Waals surface area contributed by atoms with E-state index in [-0.39, 0.29) is 14.6 Å². The normalized spacial score (nSPS) is 12.2. The van der Waals surface area contributed by atoms with Gasteiger partial charge in [-0.3, -0.25) is 18.9 Å². The summed E-state index contributed by atoms with van der Waals surface area (Å²) in [4.78, 5) is 27.4. The first-order valence-corrected chi connectivity index (χ1v) is 15.5. The second kappa shape index (κ2) is 14.0. The van der Waals surface area contributed by atoms with E-state index in [1.54, 1.807) is 18.6 Å². The zero-order valence-corrected chi connectivity index (χ0v) is 27.3. The van der Waals surface area contributed by atoms with E-state index in [0.29, 0.717) is 5.56 Å². The summed E-state index contributed by atoms with van der Waals surface area (Å²) in [6.45, 7) is 0.778. The van der Waals surface area contributed by atoms with Crippen molar-refractivity contribution < 1.29 is 6.22 Å². The van der Waals surface area contributed by atoms with Crippen molar-refractivity contribution in [3.63, 3.8) is 0 Å². The lowest BCUT2D eigenvalue weighted by Crippen LogP contribution is -2.03. The fraction of sp³-hybridized carbons (Fsp3) is 0.111. The van der Waals surface area contributed by atoms with Gasteiger partial charge in [-0.25, -0.2) is 9.97 Å². The third-order valence-corrected chi connectivity index (χ3v) is 8.00. The molecule has 0 saturated heterocycles. The van der Waals surface area contributed by atoms with Gasteiger partial charge in [0.05, 0.1) is 34.3 Å². The average molecular weight is 727 g/mol. The quantitative estimate of drug-likeness (QED) is 0.127. The molecule has 9 heteroatoms. The largest absolute Gasteiger partial charge is 0.383 e. The highest BCUT2D eigenvalue weighted by Gasteiger charge is 2.10. The molecule has 45 heavy (non-hydrogen) atoms. The van der Waals surface area contributed by atoms with Gasteiger partial charge in [0, 0.05) is 59.2 Å². The molecule has 0 fully saturated rings. The Hall–Kier alpha value is -4.60. The van der Waals surface area contributed by atoms with Crippen molar-refractivity contribution in [3.8, 4) is 11.4 Å². The molecule has 1 aliphatic heterocycles. The van der Waals surface area contributed by atoms with Crippen LogP contribution in [-0.2, 0) is 0 Å². The van der Waals surface area contributed by atoms with E-state index in [0.717, 1.165) is 60.2 Å². The second-order valence-electron chi connectivity index (χ2n) is 10.4. The zero-order chi connectivity index (χ0) is 30.6. The molecule has 6 aromatic rings. The van der Waals surface area contributed by atoms with Crippen LogP contribution in [0.25, 0.3) is 33.4 Å². The SMILES string of the molecule is Brc1cccc(-n2cnc3cc(C4=NCC=C4)ccc32)c1.C.CN(C)/C=C/C(=O)c1ccc2c(c1)ncn2-c1cccc(Br)c1.[HH]. The summed E-state index contributed by atoms with van der Waals surface area (Å²) < 4.78 is 6.17. The summed E-state index contributed by atoms with van der Waals surface area (Å²) >= 11 is 6.99. The lowest BCUT2D eigenvalue weighted by molar-refractivity contribution is 0.104. The molecule has 0 amide bonds. The number of allylic oxidation sites excluding steroid dienone is 2. The minimum atomic E-state index is -0.0300. The topological polar surface area (TPSA) is 68.3 Å². The molecule has 0 saturated carbocycles. The van der Waals surface area contributed by atoms with Crippen LogP contribution in [0.15, 0.2) is 136 Å². The number of nitrogens with zero attached hydrogens (tertiary/aromatic N) is 6. The Morgan fingerprint density at radius 2 is 1.42 bits per heavy atom. The number of carbonyl (C=O) groups is 1. The van der Waals surface area contributed by atoms with Gasteiger partial charge in [0.1, 0.15) is 12.7 Å². The minimum absolute atomic E-state index is 0. The Kier molecular flexibility index (Phi) is 9.90. The molecule has 3 heterocycles. The maximum Gasteiger partial charge on any atom is 0.187 e. The Bertz CT molecular complexity index is 2090. The highest BCUT2D eigenvalue weighted by atomic mass is 79.9. The lowest BCUT2D eigenvalue weighted by atomic mass is 10.1. The molecule has 0 bridgehead atoms. The fourth-order valence-corrected chi connectivity index (χ4v) is 5.64. The predicted octanol–water partition coefficient (Wildman–Crippen LogP) is 9.08. The third kappa shape index (κ3) is 7.21. The molecule has 7 rings (SSSR count). The summed E-state index contributed by atoms with van der Waals surface area (Å²) in [7, 11) is 3.76. The van der Waals surface area contributed by atoms with Crippen LogP contribution in [-0.4, -0.2) is 56.1 Å². The first kappa shape index (κ1) is 31.8. The van der Waals surface area contributed by atoms with Crippen molar-refractivity contribution in [2.24, 2.45) is 4.99 Å². The second-order valence-corrected chi connectivity index (χ2v) is 12.2. The number of ketones is 1. The summed E-state index contributed by atoms with van der Waals surface area (Å²) in [6.07, 6.45) is 11.1. The van der Waals surface area contributed by atoms with Crippen LogP contribution >= 0.6 is 31.9 Å². The Balaban J connectivity index is 0.000000201. The lowest BCUT2D eigenvalue weighted by Gasteiger charge is -2.05. The number of fused-ring (bicyclic) bond motifs is 2. The minimum Gasteiger partial charge on any atom is -0.383 e. The van der Waals surface area contributed by atoms with E-state index in [9.17, 15) is 4.79 Å². The van der Waals surface area contributed by atoms with Gasteiger partial charge in [-0.1, -0.05) is 63.6 Å².